The Morgan fingerprint density at radius 1 is 1.38 bits per heavy atom. The molecular formula is C9H12BrIOS. The largest absolute Gasteiger partial charge is 0.415 e. The van der Waals surface area contributed by atoms with E-state index in [0.717, 1.165) is 15.8 Å². The molecule has 0 fully saturated rings. The van der Waals surface area contributed by atoms with Crippen molar-refractivity contribution in [2.75, 3.05) is 0 Å². The summed E-state index contributed by atoms with van der Waals surface area (Å²) in [6.45, 7) is 6.02. The quantitative estimate of drug-likeness (QED) is 0.522. The van der Waals surface area contributed by atoms with E-state index in [9.17, 15) is 0 Å². The molecule has 0 atom stereocenters. The number of rotatable bonds is 2. The molecule has 0 aliphatic carbocycles. The normalized spacial score (nSPS) is 8.69. The Morgan fingerprint density at radius 2 is 2.00 bits per heavy atom. The molecule has 0 N–H and O–H groups in total. The Kier molecular flexibility index (Phi) is 8.29. The number of aryl methyl sites for hydroxylation is 1. The summed E-state index contributed by atoms with van der Waals surface area (Å²) in [7, 11) is 1.33. The van der Waals surface area contributed by atoms with Crippen LogP contribution < -0.4 is 4.18 Å². The van der Waals surface area contributed by atoms with Gasteiger partial charge < -0.3 is 4.18 Å². The number of halogens is 2. The Balaban J connectivity index is 0.000000671. The van der Waals surface area contributed by atoms with Crippen LogP contribution in [0.1, 0.15) is 19.4 Å². The lowest BCUT2D eigenvalue weighted by Crippen LogP contribution is -1.81. The van der Waals surface area contributed by atoms with E-state index < -0.39 is 0 Å². The molecule has 74 valence electrons. The van der Waals surface area contributed by atoms with Crippen molar-refractivity contribution in [2.24, 2.45) is 0 Å². The molecule has 4 heteroatoms. The zero-order valence-corrected chi connectivity index (χ0v) is 12.4. The fourth-order valence-corrected chi connectivity index (χ4v) is 2.05. The van der Waals surface area contributed by atoms with Crippen molar-refractivity contribution in [3.05, 3.63) is 28.2 Å². The van der Waals surface area contributed by atoms with E-state index >= 15 is 0 Å². The lowest BCUT2D eigenvalue weighted by Gasteiger charge is -2.03. The van der Waals surface area contributed by atoms with Gasteiger partial charge in [-0.15, -0.1) is 0 Å². The second kappa shape index (κ2) is 7.94. The minimum atomic E-state index is 0.924. The number of hydrogen-bond acceptors (Lipinski definition) is 2. The number of benzene rings is 1. The Bertz CT molecular complexity index is 255. The second-order valence-electron chi connectivity index (χ2n) is 2.06. The van der Waals surface area contributed by atoms with Gasteiger partial charge in [0.15, 0.2) is 0 Å². The van der Waals surface area contributed by atoms with Crippen LogP contribution >= 0.6 is 46.3 Å². The van der Waals surface area contributed by atoms with Crippen molar-refractivity contribution in [2.45, 2.75) is 20.8 Å². The van der Waals surface area contributed by atoms with Crippen LogP contribution in [0, 0.1) is 6.92 Å². The van der Waals surface area contributed by atoms with Gasteiger partial charge in [0.2, 0.25) is 0 Å². The average molecular weight is 375 g/mol. The third-order valence-electron chi connectivity index (χ3n) is 1.26. The predicted octanol–water partition coefficient (Wildman–Crippen LogP) is 5.16. The molecule has 1 rings (SSSR count). The Hall–Kier alpha value is 0.580. The van der Waals surface area contributed by atoms with Crippen LogP contribution in [0.25, 0.3) is 0 Å². The maximum absolute atomic E-state index is 5.27. The van der Waals surface area contributed by atoms with Crippen LogP contribution in [0.2, 0.25) is 0 Å². The summed E-state index contributed by atoms with van der Waals surface area (Å²) in [5.74, 6) is 0.924. The van der Waals surface area contributed by atoms with E-state index in [1.165, 1.54) is 9.21 Å². The lowest BCUT2D eigenvalue weighted by atomic mass is 10.2. The molecule has 1 aromatic carbocycles. The van der Waals surface area contributed by atoms with Crippen LogP contribution in [0.4, 0.5) is 0 Å². The first-order valence-electron chi connectivity index (χ1n) is 3.95. The fraction of sp³-hybridized carbons (Fsp3) is 0.333. The van der Waals surface area contributed by atoms with E-state index in [4.69, 9.17) is 4.18 Å². The number of hydrogen-bond donors (Lipinski definition) is 0. The van der Waals surface area contributed by atoms with Gasteiger partial charge in [0.1, 0.15) is 15.0 Å². The summed E-state index contributed by atoms with van der Waals surface area (Å²) in [4.78, 5) is 0. The minimum absolute atomic E-state index is 0.924. The summed E-state index contributed by atoms with van der Waals surface area (Å²) in [5, 5.41) is 0. The highest BCUT2D eigenvalue weighted by molar-refractivity contribution is 14.2. The van der Waals surface area contributed by atoms with E-state index in [1.807, 2.05) is 39.0 Å². The third kappa shape index (κ3) is 5.12. The summed E-state index contributed by atoms with van der Waals surface area (Å²) >= 11 is 5.48. The van der Waals surface area contributed by atoms with Gasteiger partial charge >= 0.3 is 0 Å². The van der Waals surface area contributed by atoms with Crippen LogP contribution in [0.15, 0.2) is 22.7 Å². The molecule has 0 saturated carbocycles. The fourth-order valence-electron chi connectivity index (χ4n) is 0.740. The van der Waals surface area contributed by atoms with Crippen LogP contribution in [-0.2, 0) is 0 Å². The van der Waals surface area contributed by atoms with Crippen molar-refractivity contribution in [3.8, 4) is 5.75 Å². The van der Waals surface area contributed by atoms with E-state index in [1.54, 1.807) is 0 Å². The molecule has 0 aromatic heterocycles. The molecule has 0 heterocycles. The van der Waals surface area contributed by atoms with Crippen LogP contribution in [0.3, 0.4) is 0 Å². The highest BCUT2D eigenvalue weighted by atomic mass is 127. The summed E-state index contributed by atoms with van der Waals surface area (Å²) < 4.78 is 6.36. The molecule has 0 aliphatic rings. The molecule has 0 unspecified atom stereocenters. The summed E-state index contributed by atoms with van der Waals surface area (Å²) in [5.41, 5.74) is 1.14. The molecule has 1 nitrogen and oxygen atoms in total. The van der Waals surface area contributed by atoms with Crippen molar-refractivity contribution < 1.29 is 4.18 Å². The van der Waals surface area contributed by atoms with Gasteiger partial charge in [-0.25, -0.2) is 0 Å². The van der Waals surface area contributed by atoms with Gasteiger partial charge in [-0.3, -0.25) is 0 Å². The smallest absolute Gasteiger partial charge is 0.141 e. The average Bonchev–Trinajstić information content (AvgIpc) is 2.14. The first-order valence-corrected chi connectivity index (χ1v) is 8.03. The molecule has 0 aliphatic heterocycles. The molecule has 0 radical (unpaired) electrons. The molecular weight excluding hydrogens is 363 g/mol. The first kappa shape index (κ1) is 13.6. The zero-order chi connectivity index (χ0) is 10.3. The first-order chi connectivity index (χ1) is 6.24. The Labute approximate surface area is 105 Å². The van der Waals surface area contributed by atoms with Crippen molar-refractivity contribution in [3.63, 3.8) is 0 Å². The minimum Gasteiger partial charge on any atom is -0.415 e. The zero-order valence-electron chi connectivity index (χ0n) is 7.80. The van der Waals surface area contributed by atoms with Gasteiger partial charge in [-0.05, 0) is 30.7 Å². The maximum Gasteiger partial charge on any atom is 0.141 e. The monoisotopic (exact) mass is 374 g/mol. The molecule has 1 aromatic rings. The van der Waals surface area contributed by atoms with Crippen LogP contribution in [0.5, 0.6) is 5.75 Å². The molecule has 0 saturated heterocycles. The maximum atomic E-state index is 5.27. The van der Waals surface area contributed by atoms with Crippen molar-refractivity contribution in [1.29, 1.82) is 0 Å². The SMILES string of the molecule is CC.Cc1cc(Br)ccc1OSI. The second-order valence-corrected chi connectivity index (χ2v) is 4.34. The van der Waals surface area contributed by atoms with E-state index in [0.29, 0.717) is 0 Å². The van der Waals surface area contributed by atoms with Gasteiger partial charge in [0.05, 0.1) is 0 Å². The summed E-state index contributed by atoms with van der Waals surface area (Å²) in [6, 6.07) is 5.95. The van der Waals surface area contributed by atoms with E-state index in [-0.39, 0.29) is 0 Å². The van der Waals surface area contributed by atoms with Crippen LogP contribution in [-0.4, -0.2) is 0 Å². The van der Waals surface area contributed by atoms with Gasteiger partial charge in [0.25, 0.3) is 0 Å². The molecule has 0 amide bonds. The van der Waals surface area contributed by atoms with E-state index in [2.05, 4.69) is 37.1 Å². The third-order valence-corrected chi connectivity index (χ3v) is 2.53. The molecule has 0 bridgehead atoms. The standard InChI is InChI=1S/C7H6BrIOS.C2H6/c1-5-4-6(8)2-3-7(5)10-11-9;1-2/h2-4H,1H3;1-2H3. The highest BCUT2D eigenvalue weighted by Crippen LogP contribution is 2.26. The van der Waals surface area contributed by atoms with Gasteiger partial charge in [0, 0.05) is 25.7 Å². The Morgan fingerprint density at radius 3 is 2.46 bits per heavy atom. The van der Waals surface area contributed by atoms with Gasteiger partial charge in [-0.1, -0.05) is 29.8 Å². The topological polar surface area (TPSA) is 9.23 Å². The molecule has 13 heavy (non-hydrogen) atoms. The lowest BCUT2D eigenvalue weighted by molar-refractivity contribution is 0.651. The molecule has 0 spiro atoms. The highest BCUT2D eigenvalue weighted by Gasteiger charge is 1.98. The van der Waals surface area contributed by atoms with Crippen molar-refractivity contribution in [1.82, 2.24) is 0 Å². The van der Waals surface area contributed by atoms with Crippen molar-refractivity contribution >= 4 is 46.3 Å². The van der Waals surface area contributed by atoms with Gasteiger partial charge in [-0.2, -0.15) is 0 Å². The summed E-state index contributed by atoms with van der Waals surface area (Å²) in [6.07, 6.45) is 0. The predicted molar refractivity (Wildman–Crippen MR) is 72.5 cm³/mol.